The minimum Gasteiger partial charge on any atom is -0.489 e. The van der Waals surface area contributed by atoms with Crippen LogP contribution in [-0.4, -0.2) is 8.75 Å². The molecule has 0 unspecified atom stereocenters. The summed E-state index contributed by atoms with van der Waals surface area (Å²) in [5, 5.41) is 0.629. The largest absolute Gasteiger partial charge is 0.489 e. The summed E-state index contributed by atoms with van der Waals surface area (Å²) in [4.78, 5) is 0. The first-order chi connectivity index (χ1) is 9.22. The highest BCUT2D eigenvalue weighted by Gasteiger charge is 2.07. The van der Waals surface area contributed by atoms with E-state index in [4.69, 9.17) is 22.1 Å². The van der Waals surface area contributed by atoms with Crippen LogP contribution in [0.4, 0.5) is 5.69 Å². The monoisotopic (exact) mass is 291 g/mol. The van der Waals surface area contributed by atoms with Crippen molar-refractivity contribution in [3.05, 3.63) is 47.0 Å². The van der Waals surface area contributed by atoms with E-state index < -0.39 is 0 Å². The Labute approximate surface area is 119 Å². The molecule has 2 N–H and O–H groups in total. The Balaban J connectivity index is 1.83. The van der Waals surface area contributed by atoms with Gasteiger partial charge in [0.1, 0.15) is 23.4 Å². The van der Waals surface area contributed by atoms with Crippen molar-refractivity contribution in [1.29, 1.82) is 0 Å². The zero-order chi connectivity index (χ0) is 13.2. The maximum absolute atomic E-state index is 6.19. The zero-order valence-corrected chi connectivity index (χ0v) is 11.4. The van der Waals surface area contributed by atoms with Crippen LogP contribution < -0.4 is 10.5 Å². The molecule has 0 bridgehead atoms. The third-order valence-corrected chi connectivity index (χ3v) is 3.58. The number of halogens is 1. The van der Waals surface area contributed by atoms with E-state index in [1.807, 2.05) is 24.3 Å². The summed E-state index contributed by atoms with van der Waals surface area (Å²) in [6.45, 7) is 0.371. The van der Waals surface area contributed by atoms with Crippen LogP contribution in [0.2, 0.25) is 5.02 Å². The molecule has 0 spiro atoms. The second-order valence-corrected chi connectivity index (χ2v) is 4.99. The lowest BCUT2D eigenvalue weighted by atomic mass is 10.2. The summed E-state index contributed by atoms with van der Waals surface area (Å²) in [6.07, 6.45) is 0. The van der Waals surface area contributed by atoms with Crippen molar-refractivity contribution in [3.63, 3.8) is 0 Å². The molecule has 0 fully saturated rings. The van der Waals surface area contributed by atoms with E-state index >= 15 is 0 Å². The van der Waals surface area contributed by atoms with Crippen LogP contribution in [0, 0.1) is 0 Å². The van der Waals surface area contributed by atoms with Crippen molar-refractivity contribution >= 4 is 40.0 Å². The molecular formula is C13H10ClN3OS. The molecule has 4 nitrogen and oxygen atoms in total. The number of nitrogen functional groups attached to an aromatic ring is 1. The van der Waals surface area contributed by atoms with Crippen molar-refractivity contribution in [1.82, 2.24) is 8.75 Å². The van der Waals surface area contributed by atoms with Crippen molar-refractivity contribution < 1.29 is 4.74 Å². The van der Waals surface area contributed by atoms with Gasteiger partial charge >= 0.3 is 0 Å². The topological polar surface area (TPSA) is 61.0 Å². The molecule has 3 rings (SSSR count). The predicted octanol–water partition coefficient (Wildman–Crippen LogP) is 3.51. The minimum absolute atomic E-state index is 0.371. The first-order valence-electron chi connectivity index (χ1n) is 5.61. The summed E-state index contributed by atoms with van der Waals surface area (Å²) < 4.78 is 14.0. The molecular weight excluding hydrogens is 282 g/mol. The van der Waals surface area contributed by atoms with Gasteiger partial charge in [0.2, 0.25) is 0 Å². The van der Waals surface area contributed by atoms with Crippen LogP contribution in [0.25, 0.3) is 11.0 Å². The summed E-state index contributed by atoms with van der Waals surface area (Å²) >= 11 is 7.36. The standard InChI is InChI=1S/C13H10ClN3OS/c14-11-6-13-12(16-19-17-13)4-8(11)7-18-10-3-1-2-9(15)5-10/h1-6H,7,15H2. The highest BCUT2D eigenvalue weighted by atomic mass is 35.5. The highest BCUT2D eigenvalue weighted by Crippen LogP contribution is 2.24. The van der Waals surface area contributed by atoms with Crippen molar-refractivity contribution in [2.75, 3.05) is 5.73 Å². The Kier molecular flexibility index (Phi) is 3.23. The molecule has 1 heterocycles. The number of fused-ring (bicyclic) bond motifs is 1. The van der Waals surface area contributed by atoms with Crippen LogP contribution in [0.1, 0.15) is 5.56 Å². The quantitative estimate of drug-likeness (QED) is 0.750. The highest BCUT2D eigenvalue weighted by molar-refractivity contribution is 7.00. The van der Waals surface area contributed by atoms with E-state index in [-0.39, 0.29) is 0 Å². The second-order valence-electron chi connectivity index (χ2n) is 4.06. The van der Waals surface area contributed by atoms with Gasteiger partial charge < -0.3 is 10.5 Å². The van der Waals surface area contributed by atoms with Gasteiger partial charge in [0.05, 0.1) is 11.7 Å². The smallest absolute Gasteiger partial charge is 0.121 e. The van der Waals surface area contributed by atoms with Gasteiger partial charge in [-0.05, 0) is 24.3 Å². The molecule has 0 atom stereocenters. The lowest BCUT2D eigenvalue weighted by Gasteiger charge is -2.08. The molecule has 0 aliphatic carbocycles. The molecule has 0 saturated carbocycles. The fourth-order valence-electron chi connectivity index (χ4n) is 1.73. The molecule has 3 aromatic rings. The van der Waals surface area contributed by atoms with Gasteiger partial charge in [-0.25, -0.2) is 0 Å². The van der Waals surface area contributed by atoms with Crippen LogP contribution in [0.3, 0.4) is 0 Å². The second kappa shape index (κ2) is 5.03. The average Bonchev–Trinajstić information content (AvgIpc) is 2.83. The Morgan fingerprint density at radius 3 is 2.74 bits per heavy atom. The Bertz CT molecular complexity index is 729. The zero-order valence-electron chi connectivity index (χ0n) is 9.84. The molecule has 2 aromatic carbocycles. The lowest BCUT2D eigenvalue weighted by Crippen LogP contribution is -1.97. The number of nitrogens with two attached hydrogens (primary N) is 1. The Morgan fingerprint density at radius 2 is 1.95 bits per heavy atom. The number of hydrogen-bond donors (Lipinski definition) is 1. The van der Waals surface area contributed by atoms with Gasteiger partial charge in [0.15, 0.2) is 0 Å². The number of aromatic nitrogens is 2. The van der Waals surface area contributed by atoms with E-state index in [0.717, 1.165) is 16.6 Å². The van der Waals surface area contributed by atoms with Gasteiger partial charge in [0.25, 0.3) is 0 Å². The lowest BCUT2D eigenvalue weighted by molar-refractivity contribution is 0.306. The van der Waals surface area contributed by atoms with Gasteiger partial charge in [-0.1, -0.05) is 17.7 Å². The third kappa shape index (κ3) is 2.62. The van der Waals surface area contributed by atoms with Crippen LogP contribution in [0.5, 0.6) is 5.75 Å². The SMILES string of the molecule is Nc1cccc(OCc2cc3nsnc3cc2Cl)c1. The predicted molar refractivity (Wildman–Crippen MR) is 77.6 cm³/mol. The average molecular weight is 292 g/mol. The van der Waals surface area contributed by atoms with E-state index in [1.165, 1.54) is 11.7 Å². The molecule has 96 valence electrons. The third-order valence-electron chi connectivity index (χ3n) is 2.67. The van der Waals surface area contributed by atoms with Crippen LogP contribution >= 0.6 is 23.3 Å². The van der Waals surface area contributed by atoms with Gasteiger partial charge in [-0.2, -0.15) is 8.75 Å². The summed E-state index contributed by atoms with van der Waals surface area (Å²) in [6, 6.07) is 11.0. The number of hydrogen-bond acceptors (Lipinski definition) is 5. The fourth-order valence-corrected chi connectivity index (χ4v) is 2.45. The summed E-state index contributed by atoms with van der Waals surface area (Å²) in [7, 11) is 0. The number of anilines is 1. The van der Waals surface area contributed by atoms with E-state index in [9.17, 15) is 0 Å². The number of benzene rings is 2. The van der Waals surface area contributed by atoms with Crippen molar-refractivity contribution in [2.45, 2.75) is 6.61 Å². The van der Waals surface area contributed by atoms with E-state index in [2.05, 4.69) is 8.75 Å². The van der Waals surface area contributed by atoms with E-state index in [0.29, 0.717) is 23.1 Å². The number of rotatable bonds is 3. The van der Waals surface area contributed by atoms with E-state index in [1.54, 1.807) is 12.1 Å². The Hall–Kier alpha value is -1.85. The molecule has 19 heavy (non-hydrogen) atoms. The number of ether oxygens (including phenoxy) is 1. The molecule has 6 heteroatoms. The molecule has 0 aliphatic heterocycles. The maximum atomic E-state index is 6.19. The normalized spacial score (nSPS) is 10.8. The first kappa shape index (κ1) is 12.2. The molecule has 1 aromatic heterocycles. The fraction of sp³-hybridized carbons (Fsp3) is 0.0769. The maximum Gasteiger partial charge on any atom is 0.121 e. The summed E-state index contributed by atoms with van der Waals surface area (Å²) in [5.74, 6) is 0.715. The van der Waals surface area contributed by atoms with Crippen molar-refractivity contribution in [3.8, 4) is 5.75 Å². The van der Waals surface area contributed by atoms with Crippen molar-refractivity contribution in [2.24, 2.45) is 0 Å². The van der Waals surface area contributed by atoms with Crippen LogP contribution in [0.15, 0.2) is 36.4 Å². The first-order valence-corrected chi connectivity index (χ1v) is 6.72. The van der Waals surface area contributed by atoms with Crippen LogP contribution in [-0.2, 0) is 6.61 Å². The molecule has 0 aliphatic rings. The van der Waals surface area contributed by atoms with Gasteiger partial charge in [-0.15, -0.1) is 0 Å². The molecule has 0 saturated heterocycles. The summed E-state index contributed by atoms with van der Waals surface area (Å²) in [5.41, 5.74) is 8.89. The van der Waals surface area contributed by atoms with Gasteiger partial charge in [0, 0.05) is 22.3 Å². The van der Waals surface area contributed by atoms with Gasteiger partial charge in [-0.3, -0.25) is 0 Å². The number of nitrogens with zero attached hydrogens (tertiary/aromatic N) is 2. The molecule has 0 amide bonds. The Morgan fingerprint density at radius 1 is 1.16 bits per heavy atom. The molecule has 0 radical (unpaired) electrons. The minimum atomic E-state index is 0.371.